The van der Waals surface area contributed by atoms with Crippen LogP contribution in [0.25, 0.3) is 5.57 Å². The number of piperidine rings is 1. The molecule has 2 heterocycles. The number of fused-ring (bicyclic) bond motifs is 2. The van der Waals surface area contributed by atoms with Crippen LogP contribution >= 0.6 is 0 Å². The van der Waals surface area contributed by atoms with E-state index in [1.165, 1.54) is 5.57 Å². The zero-order valence-electron chi connectivity index (χ0n) is 17.0. The van der Waals surface area contributed by atoms with Crippen molar-refractivity contribution in [2.75, 3.05) is 14.2 Å². The molecule has 2 aromatic carbocycles. The third-order valence-electron chi connectivity index (χ3n) is 5.81. The number of ether oxygens (including phenoxy) is 3. The van der Waals surface area contributed by atoms with Crippen LogP contribution in [-0.2, 0) is 11.3 Å². The number of carbonyl (C=O) groups excluding carboxylic acids is 1. The Balaban J connectivity index is 1.52. The van der Waals surface area contributed by atoms with Crippen LogP contribution in [0.5, 0.6) is 11.5 Å². The molecule has 2 unspecified atom stereocenters. The first-order chi connectivity index (χ1) is 14.2. The molecular weight excluding hydrogens is 366 g/mol. The van der Waals surface area contributed by atoms with E-state index < -0.39 is 0 Å². The Morgan fingerprint density at radius 2 is 1.83 bits per heavy atom. The Kier molecular flexibility index (Phi) is 5.74. The maximum Gasteiger partial charge on any atom is 0.410 e. The van der Waals surface area contributed by atoms with Gasteiger partial charge in [-0.1, -0.05) is 42.5 Å². The summed E-state index contributed by atoms with van der Waals surface area (Å²) in [6.07, 6.45) is 5.93. The van der Waals surface area contributed by atoms with Crippen molar-refractivity contribution in [3.63, 3.8) is 0 Å². The Morgan fingerprint density at radius 1 is 1.03 bits per heavy atom. The van der Waals surface area contributed by atoms with E-state index in [0.717, 1.165) is 48.3 Å². The molecule has 1 fully saturated rings. The van der Waals surface area contributed by atoms with E-state index >= 15 is 0 Å². The second kappa shape index (κ2) is 8.60. The monoisotopic (exact) mass is 393 g/mol. The summed E-state index contributed by atoms with van der Waals surface area (Å²) in [4.78, 5) is 14.8. The van der Waals surface area contributed by atoms with Gasteiger partial charge in [0, 0.05) is 6.04 Å². The highest BCUT2D eigenvalue weighted by Gasteiger charge is 2.38. The molecule has 0 saturated carbocycles. The maximum atomic E-state index is 12.9. The summed E-state index contributed by atoms with van der Waals surface area (Å²) >= 11 is 0. The summed E-state index contributed by atoms with van der Waals surface area (Å²) in [5.74, 6) is 1.44. The number of carbonyl (C=O) groups is 1. The second-order valence-corrected chi connectivity index (χ2v) is 7.57. The Hall–Kier alpha value is -2.95. The van der Waals surface area contributed by atoms with Crippen LogP contribution in [0.3, 0.4) is 0 Å². The molecule has 29 heavy (non-hydrogen) atoms. The molecule has 5 nitrogen and oxygen atoms in total. The zero-order chi connectivity index (χ0) is 20.2. The quantitative estimate of drug-likeness (QED) is 0.713. The lowest BCUT2D eigenvalue weighted by Gasteiger charge is -2.44. The minimum absolute atomic E-state index is 0.0777. The molecule has 1 saturated heterocycles. The summed E-state index contributed by atoms with van der Waals surface area (Å²) in [6.45, 7) is 0.307. The normalized spacial score (nSPS) is 20.6. The highest BCUT2D eigenvalue weighted by atomic mass is 16.6. The van der Waals surface area contributed by atoms with Gasteiger partial charge in [0.05, 0.1) is 20.3 Å². The van der Waals surface area contributed by atoms with E-state index in [2.05, 4.69) is 12.1 Å². The van der Waals surface area contributed by atoms with Gasteiger partial charge in [-0.3, -0.25) is 4.90 Å². The van der Waals surface area contributed by atoms with Crippen LogP contribution in [0.2, 0.25) is 0 Å². The number of amides is 1. The Labute approximate surface area is 171 Å². The van der Waals surface area contributed by atoms with Crippen LogP contribution in [0, 0.1) is 0 Å². The first-order valence-corrected chi connectivity index (χ1v) is 10.1. The Morgan fingerprint density at radius 3 is 2.55 bits per heavy atom. The van der Waals surface area contributed by atoms with Crippen molar-refractivity contribution >= 4 is 11.7 Å². The van der Waals surface area contributed by atoms with Gasteiger partial charge in [0.15, 0.2) is 11.5 Å². The predicted octanol–water partition coefficient (Wildman–Crippen LogP) is 5.05. The molecule has 2 bridgehead atoms. The van der Waals surface area contributed by atoms with E-state index in [-0.39, 0.29) is 18.2 Å². The van der Waals surface area contributed by atoms with Gasteiger partial charge in [-0.25, -0.2) is 4.79 Å². The van der Waals surface area contributed by atoms with Crippen LogP contribution in [0.1, 0.15) is 36.8 Å². The van der Waals surface area contributed by atoms with E-state index in [9.17, 15) is 4.79 Å². The first kappa shape index (κ1) is 19.4. The maximum absolute atomic E-state index is 12.9. The molecule has 0 aromatic heterocycles. The summed E-state index contributed by atoms with van der Waals surface area (Å²) in [7, 11) is 3.29. The van der Waals surface area contributed by atoms with Crippen molar-refractivity contribution in [1.82, 2.24) is 4.90 Å². The molecule has 5 heteroatoms. The number of nitrogens with zero attached hydrogens (tertiary/aromatic N) is 1. The van der Waals surface area contributed by atoms with Gasteiger partial charge < -0.3 is 14.2 Å². The minimum atomic E-state index is -0.217. The summed E-state index contributed by atoms with van der Waals surface area (Å²) in [5, 5.41) is 0. The van der Waals surface area contributed by atoms with Gasteiger partial charge in [-0.2, -0.15) is 0 Å². The molecule has 0 N–H and O–H groups in total. The summed E-state index contributed by atoms with van der Waals surface area (Å²) < 4.78 is 16.4. The number of hydrogen-bond donors (Lipinski definition) is 0. The van der Waals surface area contributed by atoms with Gasteiger partial charge in [0.1, 0.15) is 6.61 Å². The van der Waals surface area contributed by atoms with Gasteiger partial charge in [0.25, 0.3) is 0 Å². The molecule has 2 atom stereocenters. The largest absolute Gasteiger partial charge is 0.493 e. The van der Waals surface area contributed by atoms with Crippen LogP contribution in [0.15, 0.2) is 54.6 Å². The second-order valence-electron chi connectivity index (χ2n) is 7.57. The van der Waals surface area contributed by atoms with Crippen molar-refractivity contribution in [1.29, 1.82) is 0 Å². The predicted molar refractivity (Wildman–Crippen MR) is 112 cm³/mol. The lowest BCUT2D eigenvalue weighted by molar-refractivity contribution is 0.0510. The van der Waals surface area contributed by atoms with Crippen molar-refractivity contribution in [2.45, 2.75) is 44.4 Å². The third kappa shape index (κ3) is 4.09. The SMILES string of the molecule is COc1ccc(C2=CC3CCCC(C2)N3C(=O)OCc2ccccc2)cc1OC. The van der Waals surface area contributed by atoms with Gasteiger partial charge in [-0.15, -0.1) is 0 Å². The first-order valence-electron chi connectivity index (χ1n) is 10.1. The van der Waals surface area contributed by atoms with E-state index in [0.29, 0.717) is 6.61 Å². The average Bonchev–Trinajstić information content (AvgIpc) is 2.76. The highest BCUT2D eigenvalue weighted by Crippen LogP contribution is 2.39. The van der Waals surface area contributed by atoms with Crippen LogP contribution in [-0.4, -0.2) is 37.3 Å². The summed E-state index contributed by atoms with van der Waals surface area (Å²) in [6, 6.07) is 16.1. The van der Waals surface area contributed by atoms with Gasteiger partial charge in [-0.05, 0) is 54.5 Å². The fourth-order valence-corrected chi connectivity index (χ4v) is 4.36. The average molecular weight is 393 g/mol. The number of methoxy groups -OCH3 is 2. The molecule has 0 spiro atoms. The molecule has 2 aliphatic heterocycles. The van der Waals surface area contributed by atoms with Crippen molar-refractivity contribution < 1.29 is 19.0 Å². The zero-order valence-corrected chi connectivity index (χ0v) is 17.0. The molecule has 0 radical (unpaired) electrons. The van der Waals surface area contributed by atoms with Crippen molar-refractivity contribution in [3.8, 4) is 11.5 Å². The van der Waals surface area contributed by atoms with Crippen LogP contribution < -0.4 is 9.47 Å². The summed E-state index contributed by atoms with van der Waals surface area (Å²) in [5.41, 5.74) is 3.38. The minimum Gasteiger partial charge on any atom is -0.493 e. The molecule has 2 aliphatic rings. The number of rotatable bonds is 5. The van der Waals surface area contributed by atoms with E-state index in [1.807, 2.05) is 47.4 Å². The third-order valence-corrected chi connectivity index (χ3v) is 5.81. The number of hydrogen-bond acceptors (Lipinski definition) is 4. The molecule has 4 rings (SSSR count). The molecule has 152 valence electrons. The molecule has 2 aromatic rings. The lowest BCUT2D eigenvalue weighted by Crippen LogP contribution is -2.51. The molecule has 0 aliphatic carbocycles. The molecule has 1 amide bonds. The Bertz CT molecular complexity index is 893. The fraction of sp³-hybridized carbons (Fsp3) is 0.375. The van der Waals surface area contributed by atoms with Crippen LogP contribution in [0.4, 0.5) is 4.79 Å². The van der Waals surface area contributed by atoms with E-state index in [1.54, 1.807) is 14.2 Å². The highest BCUT2D eigenvalue weighted by molar-refractivity contribution is 5.75. The fourth-order valence-electron chi connectivity index (χ4n) is 4.36. The topological polar surface area (TPSA) is 48.0 Å². The molecular formula is C24H27NO4. The van der Waals surface area contributed by atoms with Gasteiger partial charge in [0.2, 0.25) is 0 Å². The van der Waals surface area contributed by atoms with E-state index in [4.69, 9.17) is 14.2 Å². The number of benzene rings is 2. The van der Waals surface area contributed by atoms with Crippen molar-refractivity contribution in [3.05, 3.63) is 65.7 Å². The smallest absolute Gasteiger partial charge is 0.410 e. The lowest BCUT2D eigenvalue weighted by atomic mass is 9.83. The van der Waals surface area contributed by atoms with Crippen molar-refractivity contribution in [2.24, 2.45) is 0 Å². The standard InChI is InChI=1S/C24H27NO4/c1-27-22-12-11-18(15-23(22)28-2)19-13-20-9-6-10-21(14-19)25(20)24(26)29-16-17-7-4-3-5-8-17/h3-5,7-8,11-13,15,20-21H,6,9-10,14,16H2,1-2H3. The van der Waals surface area contributed by atoms with Gasteiger partial charge >= 0.3 is 6.09 Å².